The summed E-state index contributed by atoms with van der Waals surface area (Å²) in [6.45, 7) is 5.07. The molecule has 0 aliphatic heterocycles. The molecule has 1 aromatic heterocycles. The van der Waals surface area contributed by atoms with Gasteiger partial charge < -0.3 is 5.11 Å². The smallest absolute Gasteiger partial charge is 0.0959 e. The Morgan fingerprint density at radius 3 is 2.63 bits per heavy atom. The standard InChI is InChI=1S/C16H22N2O/c1-3-12-18-15(10-11-17-18)16(19)9-8-14-6-4-13(2)5-7-14/h4-7,10-11,16,19H,3,8-9,12H2,1-2H3. The number of hydrogen-bond acceptors (Lipinski definition) is 2. The summed E-state index contributed by atoms with van der Waals surface area (Å²) >= 11 is 0. The first kappa shape index (κ1) is 13.8. The molecule has 2 rings (SSSR count). The van der Waals surface area contributed by atoms with Gasteiger partial charge in [-0.05, 0) is 37.8 Å². The van der Waals surface area contributed by atoms with E-state index in [0.29, 0.717) is 0 Å². The fourth-order valence-corrected chi connectivity index (χ4v) is 2.23. The average molecular weight is 258 g/mol. The third-order valence-electron chi connectivity index (χ3n) is 3.35. The van der Waals surface area contributed by atoms with Crippen molar-refractivity contribution in [3.8, 4) is 0 Å². The molecule has 0 bridgehead atoms. The highest BCUT2D eigenvalue weighted by molar-refractivity contribution is 5.21. The van der Waals surface area contributed by atoms with E-state index in [0.717, 1.165) is 31.5 Å². The number of benzene rings is 1. The van der Waals surface area contributed by atoms with Crippen molar-refractivity contribution in [3.05, 3.63) is 53.3 Å². The summed E-state index contributed by atoms with van der Waals surface area (Å²) in [5, 5.41) is 14.5. The zero-order valence-electron chi connectivity index (χ0n) is 11.7. The zero-order valence-corrected chi connectivity index (χ0v) is 11.7. The first-order chi connectivity index (χ1) is 9.20. The monoisotopic (exact) mass is 258 g/mol. The number of rotatable bonds is 6. The summed E-state index contributed by atoms with van der Waals surface area (Å²) in [7, 11) is 0. The second-order valence-corrected chi connectivity index (χ2v) is 5.02. The highest BCUT2D eigenvalue weighted by Gasteiger charge is 2.12. The van der Waals surface area contributed by atoms with Gasteiger partial charge in [0.15, 0.2) is 0 Å². The Bertz CT molecular complexity index is 502. The van der Waals surface area contributed by atoms with Crippen molar-refractivity contribution >= 4 is 0 Å². The highest BCUT2D eigenvalue weighted by atomic mass is 16.3. The summed E-state index contributed by atoms with van der Waals surface area (Å²) in [6.07, 6.45) is 3.98. The fourth-order valence-electron chi connectivity index (χ4n) is 2.23. The van der Waals surface area contributed by atoms with Crippen LogP contribution in [0.3, 0.4) is 0 Å². The molecule has 0 amide bonds. The first-order valence-corrected chi connectivity index (χ1v) is 6.96. The van der Waals surface area contributed by atoms with Gasteiger partial charge >= 0.3 is 0 Å². The molecule has 1 atom stereocenters. The van der Waals surface area contributed by atoms with Gasteiger partial charge in [-0.2, -0.15) is 5.10 Å². The molecule has 0 saturated heterocycles. The molecule has 1 unspecified atom stereocenters. The maximum absolute atomic E-state index is 10.3. The lowest BCUT2D eigenvalue weighted by Gasteiger charge is -2.13. The molecule has 0 fully saturated rings. The number of nitrogens with zero attached hydrogens (tertiary/aromatic N) is 2. The van der Waals surface area contributed by atoms with Crippen molar-refractivity contribution < 1.29 is 5.11 Å². The van der Waals surface area contributed by atoms with E-state index >= 15 is 0 Å². The third-order valence-corrected chi connectivity index (χ3v) is 3.35. The maximum Gasteiger partial charge on any atom is 0.0959 e. The zero-order chi connectivity index (χ0) is 13.7. The molecule has 0 aliphatic carbocycles. The molecule has 19 heavy (non-hydrogen) atoms. The summed E-state index contributed by atoms with van der Waals surface area (Å²) in [5.41, 5.74) is 3.46. The van der Waals surface area contributed by atoms with Gasteiger partial charge in [0.25, 0.3) is 0 Å². The molecule has 0 saturated carbocycles. The Hall–Kier alpha value is -1.61. The summed E-state index contributed by atoms with van der Waals surface area (Å²) in [4.78, 5) is 0. The molecular weight excluding hydrogens is 236 g/mol. The van der Waals surface area contributed by atoms with E-state index in [1.54, 1.807) is 6.20 Å². The van der Waals surface area contributed by atoms with Crippen LogP contribution in [0.5, 0.6) is 0 Å². The maximum atomic E-state index is 10.3. The van der Waals surface area contributed by atoms with Crippen LogP contribution in [0.25, 0.3) is 0 Å². The Balaban J connectivity index is 1.95. The number of aromatic nitrogens is 2. The van der Waals surface area contributed by atoms with E-state index in [1.807, 2.05) is 10.7 Å². The lowest BCUT2D eigenvalue weighted by molar-refractivity contribution is 0.156. The first-order valence-electron chi connectivity index (χ1n) is 6.96. The van der Waals surface area contributed by atoms with Crippen LogP contribution in [-0.2, 0) is 13.0 Å². The van der Waals surface area contributed by atoms with Crippen LogP contribution in [0.1, 0.15) is 42.7 Å². The SMILES string of the molecule is CCCn1nccc1C(O)CCc1ccc(C)cc1. The van der Waals surface area contributed by atoms with Gasteiger partial charge in [0.05, 0.1) is 11.8 Å². The molecule has 0 aliphatic rings. The Kier molecular flexibility index (Phi) is 4.74. The molecule has 2 aromatic rings. The molecule has 3 nitrogen and oxygen atoms in total. The van der Waals surface area contributed by atoms with Crippen molar-refractivity contribution in [2.75, 3.05) is 0 Å². The van der Waals surface area contributed by atoms with E-state index in [4.69, 9.17) is 0 Å². The van der Waals surface area contributed by atoms with Crippen molar-refractivity contribution in [1.82, 2.24) is 9.78 Å². The lowest BCUT2D eigenvalue weighted by atomic mass is 10.0. The van der Waals surface area contributed by atoms with Gasteiger partial charge in [0.2, 0.25) is 0 Å². The largest absolute Gasteiger partial charge is 0.387 e. The van der Waals surface area contributed by atoms with Gasteiger partial charge in [-0.1, -0.05) is 36.8 Å². The average Bonchev–Trinajstić information content (AvgIpc) is 2.86. The fraction of sp³-hybridized carbons (Fsp3) is 0.438. The molecule has 0 radical (unpaired) electrons. The lowest BCUT2D eigenvalue weighted by Crippen LogP contribution is -2.09. The molecule has 3 heteroatoms. The van der Waals surface area contributed by atoms with Crippen molar-refractivity contribution in [3.63, 3.8) is 0 Å². The minimum absolute atomic E-state index is 0.435. The van der Waals surface area contributed by atoms with Crippen LogP contribution in [0.4, 0.5) is 0 Å². The number of hydrogen-bond donors (Lipinski definition) is 1. The molecule has 1 aromatic carbocycles. The van der Waals surface area contributed by atoms with E-state index in [2.05, 4.69) is 43.2 Å². The van der Waals surface area contributed by atoms with Crippen molar-refractivity contribution in [2.24, 2.45) is 0 Å². The van der Waals surface area contributed by atoms with Crippen LogP contribution >= 0.6 is 0 Å². The van der Waals surface area contributed by atoms with Gasteiger partial charge in [-0.25, -0.2) is 0 Å². The molecule has 0 spiro atoms. The van der Waals surface area contributed by atoms with Crippen molar-refractivity contribution in [2.45, 2.75) is 45.8 Å². The molecule has 102 valence electrons. The van der Waals surface area contributed by atoms with Crippen LogP contribution in [0, 0.1) is 6.92 Å². The van der Waals surface area contributed by atoms with Gasteiger partial charge in [-0.3, -0.25) is 4.68 Å². The van der Waals surface area contributed by atoms with Crippen molar-refractivity contribution in [1.29, 1.82) is 0 Å². The molecular formula is C16H22N2O. The Morgan fingerprint density at radius 1 is 1.21 bits per heavy atom. The summed E-state index contributed by atoms with van der Waals surface area (Å²) in [6, 6.07) is 10.4. The van der Waals surface area contributed by atoms with E-state index in [1.165, 1.54) is 11.1 Å². The minimum Gasteiger partial charge on any atom is -0.387 e. The normalized spacial score (nSPS) is 12.6. The van der Waals surface area contributed by atoms with E-state index in [-0.39, 0.29) is 0 Å². The topological polar surface area (TPSA) is 38.0 Å². The second kappa shape index (κ2) is 6.53. The third kappa shape index (κ3) is 3.67. The molecule has 1 heterocycles. The Morgan fingerprint density at radius 2 is 1.95 bits per heavy atom. The van der Waals surface area contributed by atoms with Crippen LogP contribution in [-0.4, -0.2) is 14.9 Å². The van der Waals surface area contributed by atoms with Gasteiger partial charge in [0, 0.05) is 12.7 Å². The minimum atomic E-state index is -0.435. The van der Waals surface area contributed by atoms with E-state index < -0.39 is 6.10 Å². The van der Waals surface area contributed by atoms with Crippen LogP contribution in [0.2, 0.25) is 0 Å². The van der Waals surface area contributed by atoms with Gasteiger partial charge in [-0.15, -0.1) is 0 Å². The van der Waals surface area contributed by atoms with Crippen LogP contribution < -0.4 is 0 Å². The molecule has 1 N–H and O–H groups in total. The Labute approximate surface area is 114 Å². The predicted octanol–water partition coefficient (Wildman–Crippen LogP) is 3.27. The van der Waals surface area contributed by atoms with Gasteiger partial charge in [0.1, 0.15) is 0 Å². The second-order valence-electron chi connectivity index (χ2n) is 5.02. The quantitative estimate of drug-likeness (QED) is 0.863. The van der Waals surface area contributed by atoms with Crippen LogP contribution in [0.15, 0.2) is 36.5 Å². The number of aliphatic hydroxyl groups excluding tert-OH is 1. The number of aryl methyl sites for hydroxylation is 3. The number of aliphatic hydroxyl groups is 1. The summed E-state index contributed by atoms with van der Waals surface area (Å²) in [5.74, 6) is 0. The van der Waals surface area contributed by atoms with E-state index in [9.17, 15) is 5.11 Å². The predicted molar refractivity (Wildman–Crippen MR) is 77.0 cm³/mol. The highest BCUT2D eigenvalue weighted by Crippen LogP contribution is 2.19. The summed E-state index contributed by atoms with van der Waals surface area (Å²) < 4.78 is 1.90.